The van der Waals surface area contributed by atoms with Crippen LogP contribution in [0.3, 0.4) is 0 Å². The van der Waals surface area contributed by atoms with E-state index in [-0.39, 0.29) is 0 Å². The van der Waals surface area contributed by atoms with Gasteiger partial charge in [0.05, 0.1) is 11.9 Å². The van der Waals surface area contributed by atoms with Crippen molar-refractivity contribution >= 4 is 19.7 Å². The van der Waals surface area contributed by atoms with Crippen LogP contribution < -0.4 is 0 Å². The molecular formula is C10H8ClFN2O2S. The first-order valence-corrected chi connectivity index (χ1v) is 6.96. The van der Waals surface area contributed by atoms with Gasteiger partial charge in [-0.15, -0.1) is 0 Å². The van der Waals surface area contributed by atoms with E-state index in [0.717, 1.165) is 16.4 Å². The number of aromatic nitrogens is 2. The summed E-state index contributed by atoms with van der Waals surface area (Å²) in [5.41, 5.74) is 1.35. The number of hydrogen-bond acceptors (Lipinski definition) is 3. The zero-order valence-corrected chi connectivity index (χ0v) is 10.3. The summed E-state index contributed by atoms with van der Waals surface area (Å²) in [5.74, 6) is -0.995. The molecule has 0 spiro atoms. The summed E-state index contributed by atoms with van der Waals surface area (Å²) < 4.78 is 36.7. The number of rotatable bonds is 2. The van der Waals surface area contributed by atoms with Crippen LogP contribution in [-0.4, -0.2) is 18.2 Å². The monoisotopic (exact) mass is 274 g/mol. The quantitative estimate of drug-likeness (QED) is 0.789. The Balaban J connectivity index is 2.60. The van der Waals surface area contributed by atoms with E-state index in [2.05, 4.69) is 5.10 Å². The van der Waals surface area contributed by atoms with E-state index in [1.165, 1.54) is 0 Å². The van der Waals surface area contributed by atoms with Crippen LogP contribution in [0.5, 0.6) is 0 Å². The van der Waals surface area contributed by atoms with Crippen LogP contribution in [-0.2, 0) is 9.05 Å². The van der Waals surface area contributed by atoms with Gasteiger partial charge in [-0.1, -0.05) is 12.1 Å². The molecule has 1 aromatic heterocycles. The highest BCUT2D eigenvalue weighted by Crippen LogP contribution is 2.21. The maximum Gasteiger partial charge on any atom is 0.267 e. The van der Waals surface area contributed by atoms with Crippen molar-refractivity contribution in [1.82, 2.24) is 9.78 Å². The van der Waals surface area contributed by atoms with Crippen LogP contribution in [0.4, 0.5) is 4.39 Å². The molecule has 0 amide bonds. The summed E-state index contributed by atoms with van der Waals surface area (Å²) in [7, 11) is 0.958. The van der Waals surface area contributed by atoms with Crippen LogP contribution in [0, 0.1) is 12.9 Å². The summed E-state index contributed by atoms with van der Waals surface area (Å²) in [6.45, 7) is 1.84. The van der Waals surface area contributed by atoms with Crippen molar-refractivity contribution in [2.24, 2.45) is 0 Å². The number of benzene rings is 1. The summed E-state index contributed by atoms with van der Waals surface area (Å²) in [4.78, 5) is -0.624. The highest BCUT2D eigenvalue weighted by molar-refractivity contribution is 8.13. The normalized spacial score (nSPS) is 11.7. The topological polar surface area (TPSA) is 52.0 Å². The van der Waals surface area contributed by atoms with Gasteiger partial charge in [0.15, 0.2) is 4.90 Å². The molecule has 2 aromatic rings. The van der Waals surface area contributed by atoms with Gasteiger partial charge in [-0.25, -0.2) is 13.1 Å². The Morgan fingerprint density at radius 1 is 1.41 bits per heavy atom. The Labute approximate surface area is 102 Å². The highest BCUT2D eigenvalue weighted by atomic mass is 35.7. The van der Waals surface area contributed by atoms with Crippen LogP contribution >= 0.6 is 10.7 Å². The zero-order chi connectivity index (χ0) is 12.6. The lowest BCUT2D eigenvalue weighted by atomic mass is 10.2. The SMILES string of the molecule is Cc1cccc(-n2ncc(S(=O)(=O)Cl)c2F)c1. The minimum Gasteiger partial charge on any atom is -0.207 e. The van der Waals surface area contributed by atoms with Crippen LogP contribution in [0.2, 0.25) is 0 Å². The van der Waals surface area contributed by atoms with Gasteiger partial charge in [-0.05, 0) is 24.6 Å². The van der Waals surface area contributed by atoms with E-state index >= 15 is 0 Å². The van der Waals surface area contributed by atoms with E-state index in [1.54, 1.807) is 18.2 Å². The Bertz CT molecular complexity index is 667. The molecule has 0 saturated carbocycles. The molecule has 0 unspecified atom stereocenters. The third kappa shape index (κ3) is 2.32. The second-order valence-corrected chi connectivity index (χ2v) is 6.02. The number of hydrogen-bond donors (Lipinski definition) is 0. The van der Waals surface area contributed by atoms with Gasteiger partial charge in [-0.2, -0.15) is 9.49 Å². The molecule has 0 aliphatic carbocycles. The lowest BCUT2D eigenvalue weighted by Gasteiger charge is -2.02. The Morgan fingerprint density at radius 2 is 2.12 bits per heavy atom. The second kappa shape index (κ2) is 4.12. The van der Waals surface area contributed by atoms with Crippen molar-refractivity contribution in [1.29, 1.82) is 0 Å². The molecule has 7 heteroatoms. The third-order valence-corrected chi connectivity index (χ3v) is 3.49. The molecule has 1 heterocycles. The van der Waals surface area contributed by atoms with Gasteiger partial charge >= 0.3 is 0 Å². The van der Waals surface area contributed by atoms with Gasteiger partial charge in [0, 0.05) is 10.7 Å². The predicted molar refractivity (Wildman–Crippen MR) is 61.3 cm³/mol. The fraction of sp³-hybridized carbons (Fsp3) is 0.100. The molecule has 90 valence electrons. The molecule has 2 rings (SSSR count). The van der Waals surface area contributed by atoms with Crippen molar-refractivity contribution < 1.29 is 12.8 Å². The van der Waals surface area contributed by atoms with Crippen molar-refractivity contribution in [2.75, 3.05) is 0 Å². The molecular weight excluding hydrogens is 267 g/mol. The Kier molecular flexibility index (Phi) is 2.92. The molecule has 0 radical (unpaired) electrons. The van der Waals surface area contributed by atoms with Crippen molar-refractivity contribution in [3.63, 3.8) is 0 Å². The van der Waals surface area contributed by atoms with Crippen LogP contribution in [0.1, 0.15) is 5.56 Å². The van der Waals surface area contributed by atoms with Gasteiger partial charge in [0.2, 0.25) is 5.95 Å². The van der Waals surface area contributed by atoms with Crippen LogP contribution in [0.25, 0.3) is 5.69 Å². The fourth-order valence-corrected chi connectivity index (χ4v) is 2.19. The maximum atomic E-state index is 13.8. The summed E-state index contributed by atoms with van der Waals surface area (Å²) in [5, 5.41) is 3.67. The largest absolute Gasteiger partial charge is 0.267 e. The first-order chi connectivity index (χ1) is 7.89. The van der Waals surface area contributed by atoms with Gasteiger partial charge < -0.3 is 0 Å². The molecule has 17 heavy (non-hydrogen) atoms. The lowest BCUT2D eigenvalue weighted by molar-refractivity contribution is 0.512. The number of aryl methyl sites for hydroxylation is 1. The zero-order valence-electron chi connectivity index (χ0n) is 8.76. The van der Waals surface area contributed by atoms with Crippen molar-refractivity contribution in [3.8, 4) is 5.69 Å². The minimum absolute atomic E-state index is 0.439. The van der Waals surface area contributed by atoms with E-state index in [4.69, 9.17) is 10.7 Å². The summed E-state index contributed by atoms with van der Waals surface area (Å²) in [6, 6.07) is 6.86. The molecule has 4 nitrogen and oxygen atoms in total. The maximum absolute atomic E-state index is 13.8. The summed E-state index contributed by atoms with van der Waals surface area (Å²) >= 11 is 0. The number of nitrogens with zero attached hydrogens (tertiary/aromatic N) is 2. The second-order valence-electron chi connectivity index (χ2n) is 3.49. The van der Waals surface area contributed by atoms with E-state index in [0.29, 0.717) is 5.69 Å². The standard InChI is InChI=1S/C10H8ClFN2O2S/c1-7-3-2-4-8(5-7)14-10(12)9(6-13-14)17(11,15)16/h2-6H,1H3. The number of halogens is 2. The van der Waals surface area contributed by atoms with Gasteiger partial charge in [0.1, 0.15) is 0 Å². The smallest absolute Gasteiger partial charge is 0.207 e. The molecule has 0 saturated heterocycles. The van der Waals surface area contributed by atoms with Crippen LogP contribution in [0.15, 0.2) is 35.4 Å². The highest BCUT2D eigenvalue weighted by Gasteiger charge is 2.22. The molecule has 0 N–H and O–H groups in total. The third-order valence-electron chi connectivity index (χ3n) is 2.19. The van der Waals surface area contributed by atoms with Crippen molar-refractivity contribution in [2.45, 2.75) is 11.8 Å². The molecule has 0 aliphatic rings. The Hall–Kier alpha value is -1.40. The molecule has 0 atom stereocenters. The first kappa shape index (κ1) is 12.1. The predicted octanol–water partition coefficient (Wildman–Crippen LogP) is 2.25. The average Bonchev–Trinajstić information content (AvgIpc) is 2.59. The minimum atomic E-state index is -4.12. The fourth-order valence-electron chi connectivity index (χ4n) is 1.42. The van der Waals surface area contributed by atoms with E-state index in [1.807, 2.05) is 13.0 Å². The summed E-state index contributed by atoms with van der Waals surface area (Å²) in [6.07, 6.45) is 0.889. The van der Waals surface area contributed by atoms with Gasteiger partial charge in [0.25, 0.3) is 9.05 Å². The lowest BCUT2D eigenvalue weighted by Crippen LogP contribution is -2.01. The van der Waals surface area contributed by atoms with Gasteiger partial charge in [-0.3, -0.25) is 0 Å². The average molecular weight is 275 g/mol. The first-order valence-electron chi connectivity index (χ1n) is 4.65. The molecule has 0 bridgehead atoms. The molecule has 0 aliphatic heterocycles. The van der Waals surface area contributed by atoms with Crippen molar-refractivity contribution in [3.05, 3.63) is 42.0 Å². The van der Waals surface area contributed by atoms with E-state index in [9.17, 15) is 12.8 Å². The molecule has 0 fully saturated rings. The van der Waals surface area contributed by atoms with E-state index < -0.39 is 19.9 Å². The molecule has 1 aromatic carbocycles. The Morgan fingerprint density at radius 3 is 2.65 bits per heavy atom.